The molecule has 2 atom stereocenters. The second kappa shape index (κ2) is 5.82. The summed E-state index contributed by atoms with van der Waals surface area (Å²) < 4.78 is 0. The predicted molar refractivity (Wildman–Crippen MR) is 82.2 cm³/mol. The summed E-state index contributed by atoms with van der Waals surface area (Å²) in [6.07, 6.45) is 2.59. The molecule has 1 aromatic carbocycles. The van der Waals surface area contributed by atoms with E-state index >= 15 is 0 Å². The molecule has 0 saturated heterocycles. The summed E-state index contributed by atoms with van der Waals surface area (Å²) in [4.78, 5) is 16.9. The molecule has 21 heavy (non-hydrogen) atoms. The van der Waals surface area contributed by atoms with Crippen LogP contribution in [0.4, 0.5) is 0 Å². The van der Waals surface area contributed by atoms with Gasteiger partial charge in [-0.25, -0.2) is 0 Å². The molecule has 1 aliphatic rings. The summed E-state index contributed by atoms with van der Waals surface area (Å²) >= 11 is 0. The van der Waals surface area contributed by atoms with Crippen molar-refractivity contribution in [2.45, 2.75) is 32.3 Å². The van der Waals surface area contributed by atoms with Crippen LogP contribution in [0.15, 0.2) is 30.3 Å². The van der Waals surface area contributed by atoms with Crippen LogP contribution in [-0.2, 0) is 0 Å². The molecule has 0 bridgehead atoms. The van der Waals surface area contributed by atoms with E-state index in [0.29, 0.717) is 12.1 Å². The first-order chi connectivity index (χ1) is 10.1. The van der Waals surface area contributed by atoms with Crippen molar-refractivity contribution in [1.82, 2.24) is 10.3 Å². The third-order valence-electron chi connectivity index (χ3n) is 4.23. The lowest BCUT2D eigenvalue weighted by atomic mass is 10.0. The number of amides is 1. The van der Waals surface area contributed by atoms with Crippen LogP contribution >= 0.6 is 0 Å². The zero-order chi connectivity index (χ0) is 14.8. The normalized spacial score (nSPS) is 21.6. The summed E-state index contributed by atoms with van der Waals surface area (Å²) in [5.41, 5.74) is 2.33. The van der Waals surface area contributed by atoms with Gasteiger partial charge in [0.05, 0.1) is 17.2 Å². The van der Waals surface area contributed by atoms with Crippen molar-refractivity contribution >= 4 is 16.8 Å². The number of rotatable bonds is 3. The van der Waals surface area contributed by atoms with Gasteiger partial charge in [-0.15, -0.1) is 0 Å². The smallest absolute Gasteiger partial charge is 0.252 e. The van der Waals surface area contributed by atoms with Gasteiger partial charge < -0.3 is 10.4 Å². The molecule has 1 aliphatic carbocycles. The van der Waals surface area contributed by atoms with Crippen LogP contribution in [0.2, 0.25) is 0 Å². The minimum Gasteiger partial charge on any atom is -0.393 e. The number of nitrogens with one attached hydrogen (secondary N) is 1. The number of aliphatic hydroxyl groups excluding tert-OH is 1. The summed E-state index contributed by atoms with van der Waals surface area (Å²) in [6, 6.07) is 9.49. The number of pyridine rings is 1. The molecular formula is C17H20N2O2. The van der Waals surface area contributed by atoms with E-state index in [0.717, 1.165) is 35.9 Å². The van der Waals surface area contributed by atoms with Crippen molar-refractivity contribution < 1.29 is 9.90 Å². The maximum atomic E-state index is 12.5. The van der Waals surface area contributed by atoms with Crippen LogP contribution in [0.25, 0.3) is 10.9 Å². The van der Waals surface area contributed by atoms with Gasteiger partial charge in [-0.3, -0.25) is 9.78 Å². The van der Waals surface area contributed by atoms with E-state index in [1.807, 2.05) is 37.3 Å². The van der Waals surface area contributed by atoms with Gasteiger partial charge in [-0.1, -0.05) is 24.6 Å². The fraction of sp³-hybridized carbons (Fsp3) is 0.412. The van der Waals surface area contributed by atoms with E-state index in [1.54, 1.807) is 0 Å². The van der Waals surface area contributed by atoms with Crippen molar-refractivity contribution in [3.8, 4) is 0 Å². The molecule has 1 fully saturated rings. The molecule has 2 aromatic rings. The Morgan fingerprint density at radius 2 is 2.19 bits per heavy atom. The number of hydrogen-bond acceptors (Lipinski definition) is 3. The van der Waals surface area contributed by atoms with E-state index in [4.69, 9.17) is 0 Å². The fourth-order valence-corrected chi connectivity index (χ4v) is 3.07. The molecule has 3 rings (SSSR count). The van der Waals surface area contributed by atoms with E-state index in [1.165, 1.54) is 0 Å². The second-order valence-corrected chi connectivity index (χ2v) is 5.80. The first kappa shape index (κ1) is 14.0. The van der Waals surface area contributed by atoms with Crippen LogP contribution in [-0.4, -0.2) is 28.6 Å². The number of aryl methyl sites for hydroxylation is 1. The molecule has 0 spiro atoms. The van der Waals surface area contributed by atoms with Crippen molar-refractivity contribution in [3.63, 3.8) is 0 Å². The monoisotopic (exact) mass is 284 g/mol. The highest BCUT2D eigenvalue weighted by molar-refractivity contribution is 6.06. The average molecular weight is 284 g/mol. The Bertz CT molecular complexity index is 669. The molecule has 4 nitrogen and oxygen atoms in total. The predicted octanol–water partition coefficient (Wildman–Crippen LogP) is 2.43. The number of aromatic nitrogens is 1. The Hall–Kier alpha value is -1.94. The van der Waals surface area contributed by atoms with Gasteiger partial charge in [0.1, 0.15) is 0 Å². The molecule has 1 saturated carbocycles. The first-order valence-electron chi connectivity index (χ1n) is 7.48. The maximum absolute atomic E-state index is 12.5. The van der Waals surface area contributed by atoms with Gasteiger partial charge in [0.25, 0.3) is 5.91 Å². The minimum absolute atomic E-state index is 0.0872. The number of carbonyl (C=O) groups excluding carboxylic acids is 1. The molecule has 0 radical (unpaired) electrons. The minimum atomic E-state index is -0.277. The van der Waals surface area contributed by atoms with Crippen LogP contribution in [0.5, 0.6) is 0 Å². The fourth-order valence-electron chi connectivity index (χ4n) is 3.07. The lowest BCUT2D eigenvalue weighted by Crippen LogP contribution is -2.32. The van der Waals surface area contributed by atoms with Crippen molar-refractivity contribution in [2.24, 2.45) is 5.92 Å². The summed E-state index contributed by atoms with van der Waals surface area (Å²) in [6.45, 7) is 2.43. The summed E-state index contributed by atoms with van der Waals surface area (Å²) in [5, 5.41) is 13.7. The van der Waals surface area contributed by atoms with E-state index in [2.05, 4.69) is 10.3 Å². The van der Waals surface area contributed by atoms with Crippen molar-refractivity contribution in [3.05, 3.63) is 41.6 Å². The molecular weight excluding hydrogens is 264 g/mol. The molecule has 1 aromatic heterocycles. The van der Waals surface area contributed by atoms with Crippen molar-refractivity contribution in [2.75, 3.05) is 6.54 Å². The molecule has 2 N–H and O–H groups in total. The van der Waals surface area contributed by atoms with Gasteiger partial charge in [0.15, 0.2) is 0 Å². The molecule has 4 heteroatoms. The third kappa shape index (κ3) is 2.90. The standard InChI is InChI=1S/C17H20N2O2/c1-11-9-14(13-6-2-3-7-15(13)19-11)17(21)18-10-12-5-4-8-16(12)20/h2-3,6-7,9,12,16,20H,4-5,8,10H2,1H3,(H,18,21). The van der Waals surface area contributed by atoms with Crippen LogP contribution in [0.1, 0.15) is 35.3 Å². The number of hydrogen-bond donors (Lipinski definition) is 2. The van der Waals surface area contributed by atoms with Gasteiger partial charge in [0, 0.05) is 23.5 Å². The highest BCUT2D eigenvalue weighted by Gasteiger charge is 2.25. The lowest BCUT2D eigenvalue weighted by Gasteiger charge is -2.15. The third-order valence-corrected chi connectivity index (χ3v) is 4.23. The number of nitrogens with zero attached hydrogens (tertiary/aromatic N) is 1. The number of benzene rings is 1. The molecule has 0 aliphatic heterocycles. The topological polar surface area (TPSA) is 62.2 Å². The molecule has 1 heterocycles. The zero-order valence-corrected chi connectivity index (χ0v) is 12.2. The van der Waals surface area contributed by atoms with E-state index < -0.39 is 0 Å². The number of aliphatic hydroxyl groups is 1. The summed E-state index contributed by atoms with van der Waals surface area (Å²) in [7, 11) is 0. The van der Waals surface area contributed by atoms with Gasteiger partial charge in [-0.2, -0.15) is 0 Å². The Balaban J connectivity index is 1.81. The van der Waals surface area contributed by atoms with E-state index in [9.17, 15) is 9.90 Å². The van der Waals surface area contributed by atoms with Gasteiger partial charge in [-0.05, 0) is 31.9 Å². The Morgan fingerprint density at radius 3 is 2.95 bits per heavy atom. The molecule has 1 amide bonds. The SMILES string of the molecule is Cc1cc(C(=O)NCC2CCCC2O)c2ccccc2n1. The number of para-hydroxylation sites is 1. The number of fused-ring (bicyclic) bond motifs is 1. The first-order valence-corrected chi connectivity index (χ1v) is 7.48. The number of carbonyl (C=O) groups is 1. The Kier molecular flexibility index (Phi) is 3.88. The maximum Gasteiger partial charge on any atom is 0.252 e. The average Bonchev–Trinajstić information content (AvgIpc) is 2.89. The second-order valence-electron chi connectivity index (χ2n) is 5.80. The quantitative estimate of drug-likeness (QED) is 0.910. The Morgan fingerprint density at radius 1 is 1.38 bits per heavy atom. The lowest BCUT2D eigenvalue weighted by molar-refractivity contribution is 0.0918. The Labute approximate surface area is 124 Å². The summed E-state index contributed by atoms with van der Waals surface area (Å²) in [5.74, 6) is 0.0962. The highest BCUT2D eigenvalue weighted by atomic mass is 16.3. The highest BCUT2D eigenvalue weighted by Crippen LogP contribution is 2.25. The van der Waals surface area contributed by atoms with Crippen LogP contribution in [0, 0.1) is 12.8 Å². The van der Waals surface area contributed by atoms with E-state index in [-0.39, 0.29) is 17.9 Å². The van der Waals surface area contributed by atoms with Gasteiger partial charge >= 0.3 is 0 Å². The molecule has 2 unspecified atom stereocenters. The largest absolute Gasteiger partial charge is 0.393 e. The van der Waals surface area contributed by atoms with Gasteiger partial charge in [0.2, 0.25) is 0 Å². The van der Waals surface area contributed by atoms with Crippen molar-refractivity contribution in [1.29, 1.82) is 0 Å². The van der Waals surface area contributed by atoms with Crippen LogP contribution < -0.4 is 5.32 Å². The van der Waals surface area contributed by atoms with Crippen LogP contribution in [0.3, 0.4) is 0 Å². The molecule has 110 valence electrons. The zero-order valence-electron chi connectivity index (χ0n) is 12.2.